The fourth-order valence-electron chi connectivity index (χ4n) is 17.6. The quantitative estimate of drug-likeness (QED) is 0.375. The lowest BCUT2D eigenvalue weighted by atomic mass is 8.95. The van der Waals surface area contributed by atoms with Crippen LogP contribution in [-0.4, -0.2) is 0 Å². The van der Waals surface area contributed by atoms with Gasteiger partial charge in [-0.15, -0.1) is 0 Å². The van der Waals surface area contributed by atoms with Crippen molar-refractivity contribution in [1.82, 2.24) is 0 Å². The molecule has 0 heterocycles. The molecule has 0 spiro atoms. The van der Waals surface area contributed by atoms with Gasteiger partial charge >= 0.3 is 0 Å². The van der Waals surface area contributed by atoms with Gasteiger partial charge in [0.05, 0.1) is 0 Å². The van der Waals surface area contributed by atoms with E-state index in [0.717, 1.165) is 0 Å². The Bertz CT molecular complexity index is 948. The maximum Gasteiger partial charge on any atom is -0.0131 e. The van der Waals surface area contributed by atoms with Crippen molar-refractivity contribution in [2.75, 3.05) is 0 Å². The molecule has 0 nitrogen and oxygen atoms in total. The summed E-state index contributed by atoms with van der Waals surface area (Å²) in [5.41, 5.74) is 4.39. The molecule has 10 atom stereocenters. The largest absolute Gasteiger partial charge is 0.0588 e. The lowest BCUT2D eigenvalue weighted by Gasteiger charge is -3.08. The predicted octanol–water partition coefficient (Wildman–Crippen LogP) is 8.60. The van der Waals surface area contributed by atoms with Gasteiger partial charge in [0.2, 0.25) is 0 Å². The highest BCUT2D eigenvalue weighted by Gasteiger charge is 3.15. The Morgan fingerprint density at radius 2 is 0.600 bits per heavy atom. The SMILES string of the molecule is CC1(C)C2(C)CC3(C)C1(C)C1(C)C3(C)C3(C)C4(C)C(C)(C)C2(C)C(C)(C)C4(C)C13C. The maximum atomic E-state index is 2.78. The van der Waals surface area contributed by atoms with Crippen LogP contribution in [0.1, 0.15) is 117 Å². The molecule has 7 aliphatic carbocycles. The van der Waals surface area contributed by atoms with Crippen LogP contribution in [0.25, 0.3) is 0 Å². The minimum absolute atomic E-state index is 0.269. The topological polar surface area (TPSA) is 0 Å². The monoisotopic (exact) mass is 410 g/mol. The summed E-state index contributed by atoms with van der Waals surface area (Å²) in [6, 6.07) is 0. The molecule has 0 aromatic heterocycles. The third-order valence-electron chi connectivity index (χ3n) is 19.6. The van der Waals surface area contributed by atoms with E-state index >= 15 is 0 Å². The summed E-state index contributed by atoms with van der Waals surface area (Å²) in [6.45, 7) is 44.0. The Balaban J connectivity index is 1.94. The molecule has 7 saturated carbocycles. The zero-order valence-electron chi connectivity index (χ0n) is 23.2. The first-order valence-corrected chi connectivity index (χ1v) is 13.0. The Kier molecular flexibility index (Phi) is 2.50. The number of hydrogen-bond donors (Lipinski definition) is 0. The van der Waals surface area contributed by atoms with Gasteiger partial charge in [-0.1, -0.05) is 111 Å². The Labute approximate surface area is 187 Å². The van der Waals surface area contributed by atoms with Gasteiger partial charge in [-0.3, -0.25) is 0 Å². The minimum Gasteiger partial charge on any atom is -0.0588 e. The van der Waals surface area contributed by atoms with E-state index in [0.29, 0.717) is 54.1 Å². The van der Waals surface area contributed by atoms with Crippen molar-refractivity contribution in [3.05, 3.63) is 0 Å². The molecule has 7 aliphatic rings. The molecule has 0 saturated heterocycles. The molecule has 7 rings (SSSR count). The molecule has 0 N–H and O–H groups in total. The first-order chi connectivity index (χ1) is 13.0. The molecule has 170 valence electrons. The molecule has 0 aromatic carbocycles. The van der Waals surface area contributed by atoms with Crippen molar-refractivity contribution in [3.8, 4) is 0 Å². The van der Waals surface area contributed by atoms with E-state index in [1.807, 2.05) is 0 Å². The van der Waals surface area contributed by atoms with Gasteiger partial charge in [0.25, 0.3) is 0 Å². The predicted molar refractivity (Wildman–Crippen MR) is 127 cm³/mol. The van der Waals surface area contributed by atoms with Crippen LogP contribution < -0.4 is 0 Å². The van der Waals surface area contributed by atoms with Crippen molar-refractivity contribution >= 4 is 0 Å². The van der Waals surface area contributed by atoms with Crippen LogP contribution in [0.2, 0.25) is 0 Å². The van der Waals surface area contributed by atoms with E-state index < -0.39 is 0 Å². The van der Waals surface area contributed by atoms with Crippen molar-refractivity contribution in [1.29, 1.82) is 0 Å². The summed E-state index contributed by atoms with van der Waals surface area (Å²) in [5.74, 6) is 0. The number of hydrogen-bond acceptors (Lipinski definition) is 0. The zero-order chi connectivity index (χ0) is 23.2. The molecule has 0 radical (unpaired) electrons. The highest BCUT2D eigenvalue weighted by atomic mass is 15.2. The highest BCUT2D eigenvalue weighted by Crippen LogP contribution is 3.19. The average molecular weight is 411 g/mol. The average Bonchev–Trinajstić information content (AvgIpc) is 2.81. The summed E-state index contributed by atoms with van der Waals surface area (Å²) in [7, 11) is 0. The highest BCUT2D eigenvalue weighted by molar-refractivity contribution is 5.61. The van der Waals surface area contributed by atoms with Gasteiger partial charge in [-0.05, 0) is 76.8 Å². The number of rotatable bonds is 0. The normalized spacial score (nSPS) is 76.0. The van der Waals surface area contributed by atoms with E-state index in [1.165, 1.54) is 6.42 Å². The van der Waals surface area contributed by atoms with Crippen molar-refractivity contribution in [3.63, 3.8) is 0 Å². The lowest BCUT2D eigenvalue weighted by molar-refractivity contribution is -0.626. The molecule has 6 bridgehead atoms. The van der Waals surface area contributed by atoms with Crippen LogP contribution in [0.5, 0.6) is 0 Å². The van der Waals surface area contributed by atoms with E-state index in [1.54, 1.807) is 0 Å². The Morgan fingerprint density at radius 1 is 0.267 bits per heavy atom. The fraction of sp³-hybridized carbons (Fsp3) is 1.00. The fourth-order valence-corrected chi connectivity index (χ4v) is 17.6. The second kappa shape index (κ2) is 3.64. The van der Waals surface area contributed by atoms with Gasteiger partial charge in [0.15, 0.2) is 0 Å². The second-order valence-electron chi connectivity index (χ2n) is 16.7. The Morgan fingerprint density at radius 3 is 1.00 bits per heavy atom. The standard InChI is InChI=1S/C30H50/c1-18(2)21(7)17-22(8)24(18,10)28(14)27(22,13)29(15)25(11)19(3,4)23(21,9)20(5,6)26(25,12)30(28,29)16/h17H2,1-16H3. The van der Waals surface area contributed by atoms with E-state index in [2.05, 4.69) is 111 Å². The van der Waals surface area contributed by atoms with Gasteiger partial charge in [0.1, 0.15) is 0 Å². The van der Waals surface area contributed by atoms with Crippen LogP contribution in [0.4, 0.5) is 0 Å². The molecule has 7 fully saturated rings. The lowest BCUT2D eigenvalue weighted by Crippen LogP contribution is -3.05. The van der Waals surface area contributed by atoms with Crippen molar-refractivity contribution in [2.45, 2.75) is 117 Å². The summed E-state index contributed by atoms with van der Waals surface area (Å²) in [6.07, 6.45) is 1.40. The summed E-state index contributed by atoms with van der Waals surface area (Å²) in [4.78, 5) is 0. The molecule has 0 aliphatic heterocycles. The zero-order valence-corrected chi connectivity index (χ0v) is 23.2. The van der Waals surface area contributed by atoms with Gasteiger partial charge in [0, 0.05) is 0 Å². The molecule has 0 heteroatoms. The smallest absolute Gasteiger partial charge is 0.0131 e. The van der Waals surface area contributed by atoms with Crippen LogP contribution in [0.15, 0.2) is 0 Å². The molecular weight excluding hydrogens is 360 g/mol. The third kappa shape index (κ3) is 0.807. The Hall–Kier alpha value is 0. The van der Waals surface area contributed by atoms with Crippen LogP contribution in [0, 0.1) is 70.4 Å². The molecule has 30 heavy (non-hydrogen) atoms. The summed E-state index contributed by atoms with van der Waals surface area (Å²) in [5, 5.41) is 0. The van der Waals surface area contributed by atoms with E-state index in [9.17, 15) is 0 Å². The first kappa shape index (κ1) is 20.6. The minimum atomic E-state index is 0.269. The van der Waals surface area contributed by atoms with Gasteiger partial charge in [-0.25, -0.2) is 0 Å². The maximum absolute atomic E-state index is 2.78. The van der Waals surface area contributed by atoms with Crippen molar-refractivity contribution in [2.24, 2.45) is 70.4 Å². The van der Waals surface area contributed by atoms with Gasteiger partial charge in [-0.2, -0.15) is 0 Å². The van der Waals surface area contributed by atoms with E-state index in [4.69, 9.17) is 0 Å². The molecule has 0 aromatic rings. The molecule has 10 unspecified atom stereocenters. The van der Waals surface area contributed by atoms with Gasteiger partial charge < -0.3 is 0 Å². The van der Waals surface area contributed by atoms with Crippen LogP contribution >= 0.6 is 0 Å². The molecular formula is C30H50. The van der Waals surface area contributed by atoms with Crippen molar-refractivity contribution < 1.29 is 0 Å². The van der Waals surface area contributed by atoms with Crippen LogP contribution in [0.3, 0.4) is 0 Å². The van der Waals surface area contributed by atoms with E-state index in [-0.39, 0.29) is 16.2 Å². The second-order valence-corrected chi connectivity index (χ2v) is 16.7. The molecule has 0 amide bonds. The summed E-state index contributed by atoms with van der Waals surface area (Å²) < 4.78 is 0. The summed E-state index contributed by atoms with van der Waals surface area (Å²) >= 11 is 0. The van der Waals surface area contributed by atoms with Crippen LogP contribution in [-0.2, 0) is 0 Å². The third-order valence-corrected chi connectivity index (χ3v) is 19.6. The first-order valence-electron chi connectivity index (χ1n) is 13.0.